The molecule has 2 N–H and O–H groups in total. The number of benzene rings is 1. The number of aliphatic hydroxyl groups excluding tert-OH is 2. The number of esters is 1. The lowest BCUT2D eigenvalue weighted by Crippen LogP contribution is -2.22. The van der Waals surface area contributed by atoms with Gasteiger partial charge in [-0.05, 0) is 63.5 Å². The Balaban J connectivity index is 1.46. The van der Waals surface area contributed by atoms with Crippen molar-refractivity contribution in [2.45, 2.75) is 76.8 Å². The van der Waals surface area contributed by atoms with Crippen LogP contribution in [0, 0.1) is 29.4 Å². The molecule has 0 unspecified atom stereocenters. The monoisotopic (exact) mass is 482 g/mol. The summed E-state index contributed by atoms with van der Waals surface area (Å²) in [7, 11) is 0. The van der Waals surface area contributed by atoms with Crippen molar-refractivity contribution in [3.8, 4) is 5.75 Å². The van der Waals surface area contributed by atoms with E-state index in [0.717, 1.165) is 37.8 Å². The lowest BCUT2D eigenvalue weighted by molar-refractivity contribution is -0.147. The number of carbonyl (C=O) groups is 1. The second-order valence-electron chi connectivity index (χ2n) is 9.63. The van der Waals surface area contributed by atoms with Crippen LogP contribution < -0.4 is 4.74 Å². The van der Waals surface area contributed by atoms with Gasteiger partial charge in [0.2, 0.25) is 0 Å². The van der Waals surface area contributed by atoms with Crippen molar-refractivity contribution in [2.75, 3.05) is 13.2 Å². The lowest BCUT2D eigenvalue weighted by Gasteiger charge is -2.21. The molecule has 0 radical (unpaired) electrons. The molecule has 1 aromatic carbocycles. The van der Waals surface area contributed by atoms with Crippen LogP contribution in [0.3, 0.4) is 0 Å². The fourth-order valence-electron chi connectivity index (χ4n) is 4.88. The third kappa shape index (κ3) is 7.75. The van der Waals surface area contributed by atoms with E-state index in [0.29, 0.717) is 25.4 Å². The second-order valence-corrected chi connectivity index (χ2v) is 9.63. The molecule has 0 aromatic heterocycles. The van der Waals surface area contributed by atoms with Gasteiger partial charge in [0, 0.05) is 31.4 Å². The fraction of sp³-hybridized carbons (Fsp3) is 0.654. The number of aliphatic hydroxyl groups is 2. The first kappa shape index (κ1) is 26.6. The summed E-state index contributed by atoms with van der Waals surface area (Å²) in [6.07, 6.45) is 6.12. The standard InChI is InChI=1S/C26H36F2O6/c1-16(2)34-26(31)5-3-4-17-6-9-21-20(23(30)13-25(21)32-14-17)10-8-19(29)15-33-24-11-7-18(27)12-22(24)28/h7-8,10-12,16-17,19-21,23,25,29-30H,3-6,9,13-15H2,1-2H3/t17-,19+,20+,21+,23+,25-/m0/s1. The van der Waals surface area contributed by atoms with E-state index in [9.17, 15) is 23.8 Å². The minimum Gasteiger partial charge on any atom is -0.487 e. The molecule has 6 nitrogen and oxygen atoms in total. The van der Waals surface area contributed by atoms with Gasteiger partial charge in [-0.25, -0.2) is 8.78 Å². The van der Waals surface area contributed by atoms with Crippen molar-refractivity contribution >= 4 is 5.97 Å². The molecule has 1 heterocycles. The minimum absolute atomic E-state index is 0.0396. The number of halogens is 2. The first-order valence-electron chi connectivity index (χ1n) is 12.2. The number of hydrogen-bond donors (Lipinski definition) is 2. The van der Waals surface area contributed by atoms with Crippen molar-refractivity contribution in [3.05, 3.63) is 42.0 Å². The van der Waals surface area contributed by atoms with Gasteiger partial charge in [0.05, 0.1) is 18.3 Å². The van der Waals surface area contributed by atoms with Crippen LogP contribution >= 0.6 is 0 Å². The molecular weight excluding hydrogens is 446 g/mol. The number of hydrogen-bond acceptors (Lipinski definition) is 6. The van der Waals surface area contributed by atoms with Gasteiger partial charge >= 0.3 is 5.97 Å². The summed E-state index contributed by atoms with van der Waals surface area (Å²) < 4.78 is 43.2. The van der Waals surface area contributed by atoms with E-state index >= 15 is 0 Å². The lowest BCUT2D eigenvalue weighted by atomic mass is 9.86. The van der Waals surface area contributed by atoms with E-state index < -0.39 is 23.8 Å². The molecule has 1 aromatic rings. The Bertz CT molecular complexity index is 830. The molecular formula is C26H36F2O6. The smallest absolute Gasteiger partial charge is 0.306 e. The number of fused-ring (bicyclic) bond motifs is 1. The van der Waals surface area contributed by atoms with Crippen molar-refractivity contribution in [1.82, 2.24) is 0 Å². The molecule has 8 heteroatoms. The van der Waals surface area contributed by atoms with Gasteiger partial charge in [-0.2, -0.15) is 0 Å². The van der Waals surface area contributed by atoms with Crippen molar-refractivity contribution in [2.24, 2.45) is 17.8 Å². The number of ether oxygens (including phenoxy) is 3. The van der Waals surface area contributed by atoms with Crippen molar-refractivity contribution in [3.63, 3.8) is 0 Å². The number of carbonyl (C=O) groups excluding carboxylic acids is 1. The zero-order valence-electron chi connectivity index (χ0n) is 19.9. The molecule has 1 aliphatic carbocycles. The summed E-state index contributed by atoms with van der Waals surface area (Å²) in [4.78, 5) is 11.7. The summed E-state index contributed by atoms with van der Waals surface area (Å²) in [5.74, 6) is -1.46. The van der Waals surface area contributed by atoms with E-state index in [4.69, 9.17) is 14.2 Å². The molecule has 2 fully saturated rings. The highest BCUT2D eigenvalue weighted by molar-refractivity contribution is 5.69. The van der Waals surface area contributed by atoms with E-state index in [-0.39, 0.29) is 42.4 Å². The van der Waals surface area contributed by atoms with Crippen molar-refractivity contribution in [1.29, 1.82) is 0 Å². The molecule has 1 saturated carbocycles. The Hall–Kier alpha value is -2.03. The Labute approximate surface area is 199 Å². The van der Waals surface area contributed by atoms with E-state index in [1.165, 1.54) is 6.07 Å². The van der Waals surface area contributed by atoms with E-state index in [2.05, 4.69) is 0 Å². The number of rotatable bonds is 10. The highest BCUT2D eigenvalue weighted by Gasteiger charge is 2.43. The maximum Gasteiger partial charge on any atom is 0.306 e. The molecule has 0 spiro atoms. The third-order valence-electron chi connectivity index (χ3n) is 6.56. The molecule has 1 aliphatic heterocycles. The van der Waals surface area contributed by atoms with Gasteiger partial charge in [-0.3, -0.25) is 4.79 Å². The first-order valence-corrected chi connectivity index (χ1v) is 12.2. The Kier molecular flexibility index (Phi) is 9.85. The summed E-state index contributed by atoms with van der Waals surface area (Å²) in [6.45, 7) is 4.11. The Morgan fingerprint density at radius 1 is 1.29 bits per heavy atom. The maximum atomic E-state index is 13.7. The van der Waals surface area contributed by atoms with Crippen LogP contribution in [0.4, 0.5) is 8.78 Å². The molecule has 1 saturated heterocycles. The van der Waals surface area contributed by atoms with Gasteiger partial charge in [0.25, 0.3) is 0 Å². The molecule has 190 valence electrons. The predicted molar refractivity (Wildman–Crippen MR) is 122 cm³/mol. The van der Waals surface area contributed by atoms with Crippen LogP contribution in [0.15, 0.2) is 30.4 Å². The fourth-order valence-corrected chi connectivity index (χ4v) is 4.88. The summed E-state index contributed by atoms with van der Waals surface area (Å²) >= 11 is 0. The summed E-state index contributed by atoms with van der Waals surface area (Å²) in [6, 6.07) is 2.99. The maximum absolute atomic E-state index is 13.7. The topological polar surface area (TPSA) is 85.2 Å². The van der Waals surface area contributed by atoms with E-state index in [1.54, 1.807) is 12.2 Å². The normalized spacial score (nSPS) is 28.0. The highest BCUT2D eigenvalue weighted by atomic mass is 19.1. The average Bonchev–Trinajstić information content (AvgIpc) is 2.92. The molecule has 6 atom stereocenters. The highest BCUT2D eigenvalue weighted by Crippen LogP contribution is 2.42. The van der Waals surface area contributed by atoms with E-state index in [1.807, 2.05) is 13.8 Å². The van der Waals surface area contributed by atoms with Crippen LogP contribution in [0.5, 0.6) is 5.75 Å². The van der Waals surface area contributed by atoms with Crippen molar-refractivity contribution < 1.29 is 38.0 Å². The molecule has 2 aliphatic rings. The van der Waals surface area contributed by atoms with Crippen LogP contribution in [0.2, 0.25) is 0 Å². The van der Waals surface area contributed by atoms with Gasteiger partial charge in [-0.1, -0.05) is 12.2 Å². The first-order chi connectivity index (χ1) is 16.2. The summed E-state index contributed by atoms with van der Waals surface area (Å²) in [5, 5.41) is 20.8. The molecule has 0 amide bonds. The van der Waals surface area contributed by atoms with Crippen LogP contribution in [0.1, 0.15) is 52.4 Å². The SMILES string of the molecule is CC(C)OC(=O)CCC[C@H]1CC[C@@H]2[C@@H](C=C[C@@H](O)COc3ccc(F)cc3F)[C@H](O)C[C@@H]2OC1. The van der Waals surface area contributed by atoms with Gasteiger partial charge < -0.3 is 24.4 Å². The van der Waals surface area contributed by atoms with Gasteiger partial charge in [0.1, 0.15) is 18.5 Å². The second kappa shape index (κ2) is 12.6. The predicted octanol–water partition coefficient (Wildman–Crippen LogP) is 4.17. The van der Waals surface area contributed by atoms with Gasteiger partial charge in [-0.15, -0.1) is 0 Å². The average molecular weight is 483 g/mol. The van der Waals surface area contributed by atoms with Crippen LogP contribution in [-0.2, 0) is 14.3 Å². The zero-order chi connectivity index (χ0) is 24.7. The quantitative estimate of drug-likeness (QED) is 0.385. The molecule has 0 bridgehead atoms. The molecule has 3 rings (SSSR count). The zero-order valence-corrected chi connectivity index (χ0v) is 19.9. The van der Waals surface area contributed by atoms with Gasteiger partial charge in [0.15, 0.2) is 11.6 Å². The molecule has 34 heavy (non-hydrogen) atoms. The largest absolute Gasteiger partial charge is 0.487 e. The van der Waals surface area contributed by atoms with Crippen LogP contribution in [0.25, 0.3) is 0 Å². The Morgan fingerprint density at radius 3 is 2.82 bits per heavy atom. The Morgan fingerprint density at radius 2 is 2.09 bits per heavy atom. The minimum atomic E-state index is -0.999. The third-order valence-corrected chi connectivity index (χ3v) is 6.56. The summed E-state index contributed by atoms with van der Waals surface area (Å²) in [5.41, 5.74) is 0. The van der Waals surface area contributed by atoms with Crippen LogP contribution in [-0.4, -0.2) is 53.8 Å².